The molecule has 1 atom stereocenters. The van der Waals surface area contributed by atoms with Crippen LogP contribution in [0.2, 0.25) is 0 Å². The van der Waals surface area contributed by atoms with Crippen molar-refractivity contribution in [1.29, 1.82) is 0 Å². The Kier molecular flexibility index (Phi) is 2.24. The maximum Gasteiger partial charge on any atom is 0.341 e. The summed E-state index contributed by atoms with van der Waals surface area (Å²) < 4.78 is 32.0. The van der Waals surface area contributed by atoms with Gasteiger partial charge in [-0.15, -0.1) is 0 Å². The van der Waals surface area contributed by atoms with Gasteiger partial charge in [0.1, 0.15) is 4.90 Å². The van der Waals surface area contributed by atoms with Gasteiger partial charge >= 0.3 is 5.97 Å². The van der Waals surface area contributed by atoms with Crippen LogP contribution in [0.4, 0.5) is 0 Å². The third kappa shape index (κ3) is 1.51. The first-order valence-corrected chi connectivity index (χ1v) is 5.57. The highest BCUT2D eigenvalue weighted by Crippen LogP contribution is 2.36. The molecule has 1 aliphatic heterocycles. The maximum absolute atomic E-state index is 11.5. The van der Waals surface area contributed by atoms with Gasteiger partial charge in [0.2, 0.25) is 6.10 Å². The van der Waals surface area contributed by atoms with E-state index in [9.17, 15) is 13.2 Å². The number of benzene rings is 1. The average Bonchev–Trinajstić information content (AvgIpc) is 2.51. The molecule has 1 aromatic carbocycles. The fourth-order valence-corrected chi connectivity index (χ4v) is 2.68. The molecule has 6 heteroatoms. The predicted octanol–water partition coefficient (Wildman–Crippen LogP) is 0.620. The van der Waals surface area contributed by atoms with Crippen molar-refractivity contribution in [3.63, 3.8) is 0 Å². The van der Waals surface area contributed by atoms with Crippen molar-refractivity contribution in [1.82, 2.24) is 0 Å². The van der Waals surface area contributed by atoms with Crippen molar-refractivity contribution in [2.45, 2.75) is 11.0 Å². The standard InChI is InChI=1S/C9H8O5S/c1-13-9(10)8-6-4-2-3-5-7(6)15(11,12)14-8/h2-5,8H,1H3. The van der Waals surface area contributed by atoms with Crippen LogP contribution < -0.4 is 0 Å². The van der Waals surface area contributed by atoms with E-state index in [-0.39, 0.29) is 4.90 Å². The van der Waals surface area contributed by atoms with Crippen LogP contribution in [0.25, 0.3) is 0 Å². The molecule has 1 aromatic rings. The zero-order valence-electron chi connectivity index (χ0n) is 7.84. The largest absolute Gasteiger partial charge is 0.467 e. The SMILES string of the molecule is COC(=O)C1OS(=O)(=O)c2ccccc21. The number of hydrogen-bond donors (Lipinski definition) is 0. The van der Waals surface area contributed by atoms with Crippen molar-refractivity contribution in [2.24, 2.45) is 0 Å². The van der Waals surface area contributed by atoms with Gasteiger partial charge in [-0.1, -0.05) is 18.2 Å². The van der Waals surface area contributed by atoms with E-state index in [1.54, 1.807) is 12.1 Å². The van der Waals surface area contributed by atoms with Crippen molar-refractivity contribution in [3.05, 3.63) is 29.8 Å². The Balaban J connectivity index is 2.57. The summed E-state index contributed by atoms with van der Waals surface area (Å²) in [5.41, 5.74) is 0.323. The highest BCUT2D eigenvalue weighted by Gasteiger charge is 2.40. The summed E-state index contributed by atoms with van der Waals surface area (Å²) in [6, 6.07) is 6.13. The molecule has 80 valence electrons. The van der Waals surface area contributed by atoms with E-state index < -0.39 is 22.2 Å². The van der Waals surface area contributed by atoms with Crippen LogP contribution in [0.15, 0.2) is 29.2 Å². The Morgan fingerprint density at radius 1 is 1.40 bits per heavy atom. The van der Waals surface area contributed by atoms with Crippen LogP contribution in [0.5, 0.6) is 0 Å². The molecule has 2 rings (SSSR count). The molecule has 0 aliphatic carbocycles. The Bertz CT molecular complexity index is 505. The normalized spacial score (nSPS) is 22.1. The molecule has 1 aliphatic rings. The van der Waals surface area contributed by atoms with Crippen LogP contribution in [-0.4, -0.2) is 21.5 Å². The van der Waals surface area contributed by atoms with Crippen molar-refractivity contribution in [2.75, 3.05) is 7.11 Å². The highest BCUT2D eigenvalue weighted by molar-refractivity contribution is 7.87. The summed E-state index contributed by atoms with van der Waals surface area (Å²) in [5, 5.41) is 0. The molecule has 0 bridgehead atoms. The van der Waals surface area contributed by atoms with E-state index in [4.69, 9.17) is 0 Å². The van der Waals surface area contributed by atoms with Gasteiger partial charge in [0.05, 0.1) is 7.11 Å². The lowest BCUT2D eigenvalue weighted by molar-refractivity contribution is -0.148. The van der Waals surface area contributed by atoms with Crippen LogP contribution in [0.3, 0.4) is 0 Å². The first kappa shape index (κ1) is 10.1. The minimum atomic E-state index is -3.81. The zero-order valence-corrected chi connectivity index (χ0v) is 8.65. The molecule has 0 spiro atoms. The van der Waals surface area contributed by atoms with Crippen LogP contribution >= 0.6 is 0 Å². The zero-order chi connectivity index (χ0) is 11.1. The van der Waals surface area contributed by atoms with Gasteiger partial charge in [-0.2, -0.15) is 8.42 Å². The lowest BCUT2D eigenvalue weighted by Gasteiger charge is -2.05. The van der Waals surface area contributed by atoms with Gasteiger partial charge in [-0.3, -0.25) is 0 Å². The van der Waals surface area contributed by atoms with Crippen molar-refractivity contribution >= 4 is 16.1 Å². The summed E-state index contributed by atoms with van der Waals surface area (Å²) in [6.45, 7) is 0. The minimum Gasteiger partial charge on any atom is -0.467 e. The summed E-state index contributed by atoms with van der Waals surface area (Å²) in [7, 11) is -2.63. The average molecular weight is 228 g/mol. The quantitative estimate of drug-likeness (QED) is 0.520. The van der Waals surface area contributed by atoms with E-state index in [2.05, 4.69) is 8.92 Å². The molecule has 0 radical (unpaired) electrons. The summed E-state index contributed by atoms with van der Waals surface area (Å²) >= 11 is 0. The molecule has 0 saturated heterocycles. The van der Waals surface area contributed by atoms with Gasteiger partial charge in [-0.05, 0) is 6.07 Å². The van der Waals surface area contributed by atoms with Gasteiger partial charge in [0.25, 0.3) is 10.1 Å². The topological polar surface area (TPSA) is 69.7 Å². The van der Waals surface area contributed by atoms with E-state index in [0.717, 1.165) is 0 Å². The predicted molar refractivity (Wildman–Crippen MR) is 49.5 cm³/mol. The summed E-state index contributed by atoms with van der Waals surface area (Å²) in [6.07, 6.45) is -1.17. The fourth-order valence-electron chi connectivity index (χ4n) is 1.43. The number of carbonyl (C=O) groups is 1. The van der Waals surface area contributed by atoms with E-state index in [1.165, 1.54) is 19.2 Å². The smallest absolute Gasteiger partial charge is 0.341 e. The lowest BCUT2D eigenvalue weighted by Crippen LogP contribution is -2.14. The number of methoxy groups -OCH3 is 1. The van der Waals surface area contributed by atoms with Gasteiger partial charge in [0.15, 0.2) is 0 Å². The van der Waals surface area contributed by atoms with Crippen LogP contribution in [0.1, 0.15) is 11.7 Å². The molecule has 1 heterocycles. The molecule has 0 saturated carbocycles. The second-order valence-corrected chi connectivity index (χ2v) is 4.53. The lowest BCUT2D eigenvalue weighted by atomic mass is 10.1. The first-order chi connectivity index (χ1) is 7.06. The second-order valence-electron chi connectivity index (χ2n) is 2.99. The fraction of sp³-hybridized carbons (Fsp3) is 0.222. The van der Waals surface area contributed by atoms with Crippen molar-refractivity contribution < 1.29 is 22.1 Å². The number of hydrogen-bond acceptors (Lipinski definition) is 5. The monoisotopic (exact) mass is 228 g/mol. The van der Waals surface area contributed by atoms with Gasteiger partial charge < -0.3 is 4.74 Å². The molecule has 15 heavy (non-hydrogen) atoms. The van der Waals surface area contributed by atoms with E-state index in [0.29, 0.717) is 5.56 Å². The molecule has 5 nitrogen and oxygen atoms in total. The van der Waals surface area contributed by atoms with E-state index in [1.807, 2.05) is 0 Å². The molecule has 0 amide bonds. The number of carbonyl (C=O) groups excluding carboxylic acids is 1. The molecule has 0 fully saturated rings. The third-order valence-corrected chi connectivity index (χ3v) is 3.47. The number of ether oxygens (including phenoxy) is 1. The summed E-state index contributed by atoms with van der Waals surface area (Å²) in [4.78, 5) is 11.3. The van der Waals surface area contributed by atoms with E-state index >= 15 is 0 Å². The van der Waals surface area contributed by atoms with Crippen LogP contribution in [-0.2, 0) is 23.8 Å². The number of esters is 1. The Morgan fingerprint density at radius 3 is 2.73 bits per heavy atom. The minimum absolute atomic E-state index is 0.0281. The molecular formula is C9H8O5S. The van der Waals surface area contributed by atoms with Gasteiger partial charge in [-0.25, -0.2) is 8.98 Å². The molecule has 1 unspecified atom stereocenters. The molecule has 0 N–H and O–H groups in total. The van der Waals surface area contributed by atoms with Crippen molar-refractivity contribution in [3.8, 4) is 0 Å². The third-order valence-electron chi connectivity index (χ3n) is 2.11. The Morgan fingerprint density at radius 2 is 2.07 bits per heavy atom. The van der Waals surface area contributed by atoms with Gasteiger partial charge in [0, 0.05) is 5.56 Å². The van der Waals surface area contributed by atoms with Crippen LogP contribution in [0, 0.1) is 0 Å². The number of fused-ring (bicyclic) bond motifs is 1. The molecule has 0 aromatic heterocycles. The Labute approximate surface area is 86.7 Å². The second kappa shape index (κ2) is 3.32. The molecular weight excluding hydrogens is 220 g/mol. The Hall–Kier alpha value is -1.40. The summed E-state index contributed by atoms with van der Waals surface area (Å²) in [5.74, 6) is -0.719. The number of rotatable bonds is 1. The highest BCUT2D eigenvalue weighted by atomic mass is 32.2. The maximum atomic E-state index is 11.5. The first-order valence-electron chi connectivity index (χ1n) is 4.16.